The molecule has 2 atom stereocenters. The first kappa shape index (κ1) is 12.3. The van der Waals surface area contributed by atoms with Crippen molar-refractivity contribution in [2.75, 3.05) is 0 Å². The van der Waals surface area contributed by atoms with Gasteiger partial charge in [0.2, 0.25) is 0 Å². The summed E-state index contributed by atoms with van der Waals surface area (Å²) in [4.78, 5) is 0. The van der Waals surface area contributed by atoms with E-state index in [2.05, 4.69) is 14.8 Å². The molecule has 0 amide bonds. The maximum atomic E-state index is 13.0. The Bertz CT molecular complexity index is 551. The summed E-state index contributed by atoms with van der Waals surface area (Å²) in [5.41, 5.74) is -0.358. The molecule has 0 spiro atoms. The zero-order valence-corrected chi connectivity index (χ0v) is 10.7. The van der Waals surface area contributed by atoms with Gasteiger partial charge in [0.05, 0.1) is 5.60 Å². The Kier molecular flexibility index (Phi) is 2.36. The molecule has 0 aliphatic carbocycles. The van der Waals surface area contributed by atoms with Crippen LogP contribution in [0.3, 0.4) is 0 Å². The van der Waals surface area contributed by atoms with Crippen LogP contribution in [0.15, 0.2) is 18.2 Å². The lowest BCUT2D eigenvalue weighted by Crippen LogP contribution is -2.46. The Hall–Kier alpha value is -1.40. The minimum atomic E-state index is -3.61. The van der Waals surface area contributed by atoms with Crippen molar-refractivity contribution in [1.82, 2.24) is 5.32 Å². The molecule has 3 heterocycles. The van der Waals surface area contributed by atoms with Crippen LogP contribution in [-0.4, -0.2) is 23.5 Å². The van der Waals surface area contributed by atoms with Gasteiger partial charge in [0.1, 0.15) is 0 Å². The van der Waals surface area contributed by atoms with Gasteiger partial charge in [-0.05, 0) is 43.4 Å². The van der Waals surface area contributed by atoms with Gasteiger partial charge in [-0.2, -0.15) is 0 Å². The van der Waals surface area contributed by atoms with E-state index >= 15 is 0 Å². The number of hydrogen-bond acceptors (Lipinski definition) is 4. The standard InChI is InChI=1S/C14H15F2NO3/c15-14(16)19-11-4-1-8(5-12(11)20-14)13(18)6-9-2-3-10(7-13)17-9/h1,4-5,9-10,17-18H,2-3,6-7H2. The third kappa shape index (κ3) is 1.86. The number of ether oxygens (including phenoxy) is 2. The Balaban J connectivity index is 1.67. The summed E-state index contributed by atoms with van der Waals surface area (Å²) in [5, 5.41) is 14.3. The first-order valence-electron chi connectivity index (χ1n) is 6.82. The van der Waals surface area contributed by atoms with Gasteiger partial charge in [0, 0.05) is 12.1 Å². The summed E-state index contributed by atoms with van der Waals surface area (Å²) in [6, 6.07) is 5.15. The van der Waals surface area contributed by atoms with Gasteiger partial charge in [-0.1, -0.05) is 6.07 Å². The van der Waals surface area contributed by atoms with Crippen molar-refractivity contribution in [3.8, 4) is 11.5 Å². The third-order valence-corrected chi connectivity index (χ3v) is 4.44. The zero-order valence-electron chi connectivity index (χ0n) is 10.7. The van der Waals surface area contributed by atoms with Gasteiger partial charge >= 0.3 is 6.29 Å². The van der Waals surface area contributed by atoms with Crippen LogP contribution in [0.1, 0.15) is 31.2 Å². The molecule has 4 rings (SSSR count). The van der Waals surface area contributed by atoms with Gasteiger partial charge in [-0.3, -0.25) is 0 Å². The van der Waals surface area contributed by atoms with Crippen molar-refractivity contribution in [2.24, 2.45) is 0 Å². The predicted molar refractivity (Wildman–Crippen MR) is 65.7 cm³/mol. The fourth-order valence-electron chi connectivity index (χ4n) is 3.60. The van der Waals surface area contributed by atoms with Crippen LogP contribution < -0.4 is 14.8 Å². The molecule has 3 aliphatic heterocycles. The highest BCUT2D eigenvalue weighted by Crippen LogP contribution is 2.46. The van der Waals surface area contributed by atoms with E-state index in [1.807, 2.05) is 0 Å². The molecule has 2 N–H and O–H groups in total. The predicted octanol–water partition coefficient (Wildman–Crippen LogP) is 2.11. The molecular weight excluding hydrogens is 268 g/mol. The van der Waals surface area contributed by atoms with E-state index in [4.69, 9.17) is 0 Å². The number of aliphatic hydroxyl groups is 1. The van der Waals surface area contributed by atoms with E-state index in [1.165, 1.54) is 12.1 Å². The third-order valence-electron chi connectivity index (χ3n) is 4.44. The smallest absolute Gasteiger partial charge is 0.395 e. The summed E-state index contributed by atoms with van der Waals surface area (Å²) < 4.78 is 34.9. The molecule has 4 nitrogen and oxygen atoms in total. The van der Waals surface area contributed by atoms with Gasteiger partial charge in [-0.25, -0.2) is 0 Å². The van der Waals surface area contributed by atoms with E-state index in [-0.39, 0.29) is 11.5 Å². The van der Waals surface area contributed by atoms with Crippen molar-refractivity contribution >= 4 is 0 Å². The minimum Gasteiger partial charge on any atom is -0.395 e. The van der Waals surface area contributed by atoms with Gasteiger partial charge in [0.15, 0.2) is 11.5 Å². The molecule has 2 fully saturated rings. The Morgan fingerprint density at radius 1 is 1.10 bits per heavy atom. The fourth-order valence-corrected chi connectivity index (χ4v) is 3.60. The van der Waals surface area contributed by atoms with E-state index in [0.29, 0.717) is 30.5 Å². The number of fused-ring (bicyclic) bond motifs is 3. The van der Waals surface area contributed by atoms with E-state index < -0.39 is 11.9 Å². The Morgan fingerprint density at radius 2 is 1.75 bits per heavy atom. The van der Waals surface area contributed by atoms with Crippen LogP contribution in [0.5, 0.6) is 11.5 Å². The molecule has 20 heavy (non-hydrogen) atoms. The van der Waals surface area contributed by atoms with E-state index in [1.54, 1.807) is 6.07 Å². The van der Waals surface area contributed by atoms with Crippen molar-refractivity contribution in [2.45, 2.75) is 49.7 Å². The normalized spacial score (nSPS) is 37.1. The fraction of sp³-hybridized carbons (Fsp3) is 0.571. The Morgan fingerprint density at radius 3 is 2.45 bits per heavy atom. The molecule has 0 saturated carbocycles. The molecule has 1 aromatic carbocycles. The van der Waals surface area contributed by atoms with Crippen LogP contribution in [0.25, 0.3) is 0 Å². The molecule has 1 aromatic rings. The van der Waals surface area contributed by atoms with Gasteiger partial charge < -0.3 is 19.9 Å². The molecule has 2 bridgehead atoms. The van der Waals surface area contributed by atoms with Crippen LogP contribution in [-0.2, 0) is 5.60 Å². The average molecular weight is 283 g/mol. The van der Waals surface area contributed by atoms with E-state index in [9.17, 15) is 13.9 Å². The average Bonchev–Trinajstić information content (AvgIpc) is 2.86. The highest BCUT2D eigenvalue weighted by molar-refractivity contribution is 5.47. The van der Waals surface area contributed by atoms with Crippen LogP contribution in [0, 0.1) is 0 Å². The number of halogens is 2. The maximum Gasteiger partial charge on any atom is 0.586 e. The molecular formula is C14H15F2NO3. The SMILES string of the molecule is OC1(c2ccc3c(c2)OC(F)(F)O3)CC2CCC(C1)N2. The minimum absolute atomic E-state index is 0.00759. The van der Waals surface area contributed by atoms with Gasteiger partial charge in [-0.15, -0.1) is 8.78 Å². The number of nitrogens with one attached hydrogen (secondary N) is 1. The topological polar surface area (TPSA) is 50.7 Å². The summed E-state index contributed by atoms with van der Waals surface area (Å²) in [5.74, 6) is 0.00561. The van der Waals surface area contributed by atoms with Gasteiger partial charge in [0.25, 0.3) is 0 Å². The van der Waals surface area contributed by atoms with Crippen LogP contribution in [0.2, 0.25) is 0 Å². The number of alkyl halides is 2. The summed E-state index contributed by atoms with van der Waals surface area (Å²) in [6.45, 7) is 0. The lowest BCUT2D eigenvalue weighted by Gasteiger charge is -2.37. The van der Waals surface area contributed by atoms with Crippen molar-refractivity contribution in [3.63, 3.8) is 0 Å². The second-order valence-corrected chi connectivity index (χ2v) is 5.91. The second-order valence-electron chi connectivity index (χ2n) is 5.91. The highest BCUT2D eigenvalue weighted by Gasteiger charge is 2.46. The quantitative estimate of drug-likeness (QED) is 0.829. The summed E-state index contributed by atoms with van der Waals surface area (Å²) in [6.07, 6.45) is -0.318. The number of benzene rings is 1. The maximum absolute atomic E-state index is 13.0. The molecule has 108 valence electrons. The first-order valence-corrected chi connectivity index (χ1v) is 6.82. The lowest BCUT2D eigenvalue weighted by molar-refractivity contribution is -0.286. The largest absolute Gasteiger partial charge is 0.586 e. The number of rotatable bonds is 1. The summed E-state index contributed by atoms with van der Waals surface area (Å²) >= 11 is 0. The lowest BCUT2D eigenvalue weighted by atomic mass is 9.81. The molecule has 6 heteroatoms. The molecule has 2 saturated heterocycles. The van der Waals surface area contributed by atoms with Crippen LogP contribution in [0.4, 0.5) is 8.78 Å². The Labute approximate surface area is 114 Å². The van der Waals surface area contributed by atoms with E-state index in [0.717, 1.165) is 12.8 Å². The number of piperidine rings is 1. The zero-order chi connectivity index (χ0) is 14.0. The van der Waals surface area contributed by atoms with Crippen molar-refractivity contribution in [1.29, 1.82) is 0 Å². The van der Waals surface area contributed by atoms with Crippen molar-refractivity contribution in [3.05, 3.63) is 23.8 Å². The molecule has 0 radical (unpaired) electrons. The molecule has 2 unspecified atom stereocenters. The first-order chi connectivity index (χ1) is 9.44. The van der Waals surface area contributed by atoms with Crippen LogP contribution >= 0.6 is 0 Å². The summed E-state index contributed by atoms with van der Waals surface area (Å²) in [7, 11) is 0. The highest BCUT2D eigenvalue weighted by atomic mass is 19.3. The molecule has 3 aliphatic rings. The van der Waals surface area contributed by atoms with Crippen molar-refractivity contribution < 1.29 is 23.4 Å². The number of hydrogen-bond donors (Lipinski definition) is 2. The molecule has 0 aromatic heterocycles. The second kappa shape index (κ2) is 3.83. The monoisotopic (exact) mass is 283 g/mol.